The summed E-state index contributed by atoms with van der Waals surface area (Å²) in [5, 5.41) is 41.9. The molecule has 0 aromatic heterocycles. The Balaban J connectivity index is 0.00000576. The van der Waals surface area contributed by atoms with Crippen LogP contribution in [0.1, 0.15) is 32.6 Å². The van der Waals surface area contributed by atoms with Gasteiger partial charge in [0.05, 0.1) is 6.61 Å². The molecular formula is C12H22KNO9S2. The SMILES string of the molecule is CCCCC/C(=N/OS(=O)(=O)[O-])S[C@@H]1O[C@H](CO)[C@@H](O)[C@H](O)[C@H]1O.[K+]. The van der Waals surface area contributed by atoms with Crippen molar-refractivity contribution in [1.29, 1.82) is 0 Å². The summed E-state index contributed by atoms with van der Waals surface area (Å²) in [6, 6.07) is 0. The topological polar surface area (TPSA) is 169 Å². The molecule has 0 amide bonds. The van der Waals surface area contributed by atoms with Gasteiger partial charge in [0.15, 0.2) is 0 Å². The number of aliphatic hydroxyl groups excluding tert-OH is 4. The zero-order chi connectivity index (χ0) is 18.3. The summed E-state index contributed by atoms with van der Waals surface area (Å²) in [6.07, 6.45) is -3.06. The molecule has 0 spiro atoms. The summed E-state index contributed by atoms with van der Waals surface area (Å²) in [6.45, 7) is 1.37. The predicted octanol–water partition coefficient (Wildman–Crippen LogP) is -4.11. The molecule has 0 aromatic carbocycles. The van der Waals surface area contributed by atoms with Crippen LogP contribution in [0.4, 0.5) is 0 Å². The van der Waals surface area contributed by atoms with Crippen molar-refractivity contribution < 1.29 is 93.8 Å². The van der Waals surface area contributed by atoms with E-state index in [1.807, 2.05) is 6.92 Å². The first-order valence-corrected chi connectivity index (χ1v) is 9.59. The van der Waals surface area contributed by atoms with Crippen LogP contribution in [0.15, 0.2) is 5.16 Å². The van der Waals surface area contributed by atoms with Gasteiger partial charge in [-0.25, -0.2) is 0 Å². The van der Waals surface area contributed by atoms with Crippen LogP contribution in [-0.2, 0) is 19.4 Å². The number of hydrogen-bond acceptors (Lipinski definition) is 11. The van der Waals surface area contributed by atoms with Crippen LogP contribution in [0.5, 0.6) is 0 Å². The smallest absolute Gasteiger partial charge is 0.714 e. The summed E-state index contributed by atoms with van der Waals surface area (Å²) in [5.41, 5.74) is -1.13. The summed E-state index contributed by atoms with van der Waals surface area (Å²) in [7, 11) is -5.02. The molecule has 142 valence electrons. The molecule has 1 heterocycles. The van der Waals surface area contributed by atoms with E-state index in [-0.39, 0.29) is 62.8 Å². The first kappa shape index (κ1) is 26.2. The molecule has 10 nitrogen and oxygen atoms in total. The van der Waals surface area contributed by atoms with E-state index < -0.39 is 46.9 Å². The number of aliphatic hydroxyl groups is 4. The first-order valence-electron chi connectivity index (χ1n) is 7.38. The average Bonchev–Trinajstić information content (AvgIpc) is 2.52. The molecule has 1 saturated heterocycles. The van der Waals surface area contributed by atoms with Crippen LogP contribution in [0, 0.1) is 0 Å². The molecule has 4 N–H and O–H groups in total. The number of unbranched alkanes of at least 4 members (excludes halogenated alkanes) is 2. The standard InChI is InChI=1S/C12H23NO9S2.K/c1-2-3-4-5-8(13-22-24(18,19)20)23-12-11(17)10(16)9(15)7(6-14)21-12;/h7,9-12,14-17H,2-6H2,1H3,(H,18,19,20);/q;+1/p-1/b13-8-;/t7-,9-,10+,11-,12+;/m1./s1. The first-order chi connectivity index (χ1) is 11.2. The minimum Gasteiger partial charge on any atom is -0.714 e. The number of nitrogens with zero attached hydrogens (tertiary/aromatic N) is 1. The molecule has 0 radical (unpaired) electrons. The normalized spacial score (nSPS) is 30.6. The maximum Gasteiger partial charge on any atom is 1.00 e. The van der Waals surface area contributed by atoms with Gasteiger partial charge in [-0.2, -0.15) is 8.42 Å². The van der Waals surface area contributed by atoms with Crippen molar-refractivity contribution in [2.75, 3.05) is 6.61 Å². The second-order valence-corrected chi connectivity index (χ2v) is 7.38. The van der Waals surface area contributed by atoms with Crippen molar-refractivity contribution in [2.45, 2.75) is 62.5 Å². The van der Waals surface area contributed by atoms with Crippen molar-refractivity contribution in [3.63, 3.8) is 0 Å². The van der Waals surface area contributed by atoms with Gasteiger partial charge in [0.1, 0.15) is 34.9 Å². The van der Waals surface area contributed by atoms with E-state index in [9.17, 15) is 28.3 Å². The third-order valence-electron chi connectivity index (χ3n) is 3.33. The Bertz CT molecular complexity index is 517. The molecule has 0 bridgehead atoms. The van der Waals surface area contributed by atoms with Gasteiger partial charge in [0, 0.05) is 0 Å². The van der Waals surface area contributed by atoms with E-state index in [2.05, 4.69) is 9.44 Å². The van der Waals surface area contributed by atoms with Crippen molar-refractivity contribution in [1.82, 2.24) is 0 Å². The van der Waals surface area contributed by atoms with Crippen LogP contribution in [-0.4, -0.2) is 74.9 Å². The molecule has 1 aliphatic rings. The van der Waals surface area contributed by atoms with Crippen molar-refractivity contribution in [2.24, 2.45) is 5.16 Å². The summed E-state index contributed by atoms with van der Waals surface area (Å²) < 4.78 is 40.8. The molecule has 0 unspecified atom stereocenters. The van der Waals surface area contributed by atoms with Crippen LogP contribution >= 0.6 is 11.8 Å². The Kier molecular flexibility index (Phi) is 13.2. The van der Waals surface area contributed by atoms with Gasteiger partial charge in [-0.1, -0.05) is 36.7 Å². The Hall–Kier alpha value is 1.17. The Morgan fingerprint density at radius 1 is 1.24 bits per heavy atom. The van der Waals surface area contributed by atoms with Gasteiger partial charge in [0.2, 0.25) is 0 Å². The van der Waals surface area contributed by atoms with Crippen molar-refractivity contribution in [3.05, 3.63) is 0 Å². The summed E-state index contributed by atoms with van der Waals surface area (Å²) >= 11 is 0.757. The molecule has 1 rings (SSSR count). The van der Waals surface area contributed by atoms with E-state index in [0.717, 1.165) is 24.6 Å². The zero-order valence-corrected chi connectivity index (χ0v) is 18.8. The third-order valence-corrected chi connectivity index (χ3v) is 4.76. The molecule has 5 atom stereocenters. The maximum atomic E-state index is 10.5. The van der Waals surface area contributed by atoms with E-state index in [4.69, 9.17) is 9.84 Å². The molecule has 0 aliphatic carbocycles. The maximum absolute atomic E-state index is 10.5. The van der Waals surface area contributed by atoms with Crippen LogP contribution < -0.4 is 51.4 Å². The van der Waals surface area contributed by atoms with E-state index in [1.54, 1.807) is 0 Å². The minimum absolute atomic E-state index is 0. The van der Waals surface area contributed by atoms with Gasteiger partial charge in [-0.3, -0.25) is 4.28 Å². The predicted molar refractivity (Wildman–Crippen MR) is 83.7 cm³/mol. The average molecular weight is 428 g/mol. The zero-order valence-electron chi connectivity index (χ0n) is 14.0. The molecule has 0 saturated carbocycles. The number of oxime groups is 1. The monoisotopic (exact) mass is 427 g/mol. The molecular weight excluding hydrogens is 405 g/mol. The van der Waals surface area contributed by atoms with Gasteiger partial charge in [0.25, 0.3) is 10.4 Å². The Morgan fingerprint density at radius 3 is 2.40 bits per heavy atom. The quantitative estimate of drug-likeness (QED) is 0.0568. The van der Waals surface area contributed by atoms with E-state index in [1.165, 1.54) is 0 Å². The number of thioether (sulfide) groups is 1. The molecule has 0 aromatic rings. The largest absolute Gasteiger partial charge is 1.00 e. The Labute approximate surface area is 193 Å². The van der Waals surface area contributed by atoms with Gasteiger partial charge < -0.3 is 29.7 Å². The number of ether oxygens (including phenoxy) is 1. The van der Waals surface area contributed by atoms with Crippen LogP contribution in [0.2, 0.25) is 0 Å². The fourth-order valence-electron chi connectivity index (χ4n) is 2.04. The third kappa shape index (κ3) is 9.27. The molecule has 25 heavy (non-hydrogen) atoms. The minimum atomic E-state index is -5.02. The fraction of sp³-hybridized carbons (Fsp3) is 0.917. The fourth-order valence-corrected chi connectivity index (χ4v) is 3.38. The number of hydrogen-bond donors (Lipinski definition) is 4. The second-order valence-electron chi connectivity index (χ2n) is 5.24. The van der Waals surface area contributed by atoms with E-state index in [0.29, 0.717) is 6.42 Å². The van der Waals surface area contributed by atoms with E-state index >= 15 is 0 Å². The summed E-state index contributed by atoms with van der Waals surface area (Å²) in [5.74, 6) is 0. The molecule has 13 heteroatoms. The summed E-state index contributed by atoms with van der Waals surface area (Å²) in [4.78, 5) is 0. The molecule has 1 aliphatic heterocycles. The van der Waals surface area contributed by atoms with Crippen molar-refractivity contribution in [3.8, 4) is 0 Å². The van der Waals surface area contributed by atoms with Crippen LogP contribution in [0.3, 0.4) is 0 Å². The van der Waals surface area contributed by atoms with Gasteiger partial charge in [-0.15, -0.1) is 0 Å². The Morgan fingerprint density at radius 2 is 1.88 bits per heavy atom. The van der Waals surface area contributed by atoms with Crippen LogP contribution in [0.25, 0.3) is 0 Å². The second kappa shape index (κ2) is 12.6. The van der Waals surface area contributed by atoms with Gasteiger partial charge in [-0.05, 0) is 12.8 Å². The van der Waals surface area contributed by atoms with Crippen molar-refractivity contribution >= 4 is 27.2 Å². The van der Waals surface area contributed by atoms with Gasteiger partial charge >= 0.3 is 51.4 Å². The number of rotatable bonds is 8. The molecule has 1 fully saturated rings.